The lowest BCUT2D eigenvalue weighted by atomic mass is 10.1. The number of anilines is 1. The minimum atomic E-state index is -3.69. The zero-order valence-electron chi connectivity index (χ0n) is 19.4. The summed E-state index contributed by atoms with van der Waals surface area (Å²) in [5, 5.41) is 0. The van der Waals surface area contributed by atoms with Gasteiger partial charge in [-0.15, -0.1) is 0 Å². The fourth-order valence-corrected chi connectivity index (χ4v) is 5.11. The first kappa shape index (κ1) is 23.8. The molecule has 0 fully saturated rings. The third-order valence-corrected chi connectivity index (χ3v) is 7.25. The van der Waals surface area contributed by atoms with Crippen molar-refractivity contribution in [2.45, 2.75) is 37.8 Å². The largest absolute Gasteiger partial charge is 0.497 e. The Morgan fingerprint density at radius 3 is 2.35 bits per heavy atom. The summed E-state index contributed by atoms with van der Waals surface area (Å²) in [6, 6.07) is 19.1. The van der Waals surface area contributed by atoms with Gasteiger partial charge < -0.3 is 14.4 Å². The summed E-state index contributed by atoms with van der Waals surface area (Å²) in [4.78, 5) is 15.2. The Balaban J connectivity index is 1.51. The molecule has 0 bridgehead atoms. The van der Waals surface area contributed by atoms with Crippen LogP contribution in [-0.4, -0.2) is 34.1 Å². The van der Waals surface area contributed by atoms with Gasteiger partial charge in [0, 0.05) is 23.8 Å². The zero-order valence-corrected chi connectivity index (χ0v) is 20.3. The van der Waals surface area contributed by atoms with E-state index in [0.29, 0.717) is 23.7 Å². The van der Waals surface area contributed by atoms with Gasteiger partial charge in [-0.3, -0.25) is 4.79 Å². The van der Waals surface area contributed by atoms with E-state index in [-0.39, 0.29) is 23.4 Å². The van der Waals surface area contributed by atoms with E-state index >= 15 is 0 Å². The average molecular weight is 481 g/mol. The quantitative estimate of drug-likeness (QED) is 0.523. The van der Waals surface area contributed by atoms with Crippen molar-refractivity contribution in [2.75, 3.05) is 18.6 Å². The Kier molecular flexibility index (Phi) is 6.90. The van der Waals surface area contributed by atoms with Crippen molar-refractivity contribution in [3.63, 3.8) is 0 Å². The molecule has 0 unspecified atom stereocenters. The molecule has 1 aliphatic rings. The maximum Gasteiger partial charge on any atom is 0.258 e. The van der Waals surface area contributed by atoms with Gasteiger partial charge in [-0.25, -0.2) is 13.1 Å². The maximum atomic E-state index is 13.3. The fraction of sp³-hybridized carbons (Fsp3) is 0.269. The number of sulfonamides is 1. The maximum absolute atomic E-state index is 13.3. The van der Waals surface area contributed by atoms with Gasteiger partial charge in [0.15, 0.2) is 0 Å². The SMILES string of the molecule is CCOc1ccc(S(=O)(=O)NCc2ccc3c(c2)N(C(=O)c2ccc(OC)cc2)[C@@H](C)C3)cc1. The van der Waals surface area contributed by atoms with E-state index in [4.69, 9.17) is 9.47 Å². The molecule has 8 heteroatoms. The molecule has 0 radical (unpaired) electrons. The molecule has 1 aliphatic heterocycles. The van der Waals surface area contributed by atoms with Gasteiger partial charge >= 0.3 is 0 Å². The van der Waals surface area contributed by atoms with Crippen LogP contribution in [0.3, 0.4) is 0 Å². The number of ether oxygens (including phenoxy) is 2. The van der Waals surface area contributed by atoms with Crippen molar-refractivity contribution in [3.8, 4) is 11.5 Å². The standard InChI is InChI=1S/C26H28N2O5S/c1-4-33-23-11-13-24(14-12-23)34(30,31)27-17-19-5-6-21-15-18(2)28(25(21)16-19)26(29)20-7-9-22(32-3)10-8-20/h5-14,16,18,27H,4,15,17H2,1-3H3/t18-/m0/s1. The van der Waals surface area contributed by atoms with Crippen LogP contribution in [0.2, 0.25) is 0 Å². The van der Waals surface area contributed by atoms with E-state index in [2.05, 4.69) is 4.72 Å². The minimum absolute atomic E-state index is 0.000368. The van der Waals surface area contributed by atoms with E-state index < -0.39 is 10.0 Å². The van der Waals surface area contributed by atoms with Crippen LogP contribution in [-0.2, 0) is 23.0 Å². The number of carbonyl (C=O) groups is 1. The van der Waals surface area contributed by atoms with Gasteiger partial charge in [-0.2, -0.15) is 0 Å². The van der Waals surface area contributed by atoms with E-state index in [1.165, 1.54) is 12.1 Å². The Bertz CT molecular complexity index is 1270. The molecule has 1 heterocycles. The third-order valence-electron chi connectivity index (χ3n) is 5.83. The molecule has 3 aromatic rings. The summed E-state index contributed by atoms with van der Waals surface area (Å²) in [6.07, 6.45) is 0.745. The van der Waals surface area contributed by atoms with Crippen LogP contribution in [0.1, 0.15) is 35.3 Å². The van der Waals surface area contributed by atoms with Gasteiger partial charge in [-0.1, -0.05) is 12.1 Å². The molecule has 1 amide bonds. The molecular weight excluding hydrogens is 452 g/mol. The number of methoxy groups -OCH3 is 1. The number of hydrogen-bond acceptors (Lipinski definition) is 5. The van der Waals surface area contributed by atoms with Crippen molar-refractivity contribution in [3.05, 3.63) is 83.4 Å². The van der Waals surface area contributed by atoms with Gasteiger partial charge in [-0.05, 0) is 86.0 Å². The average Bonchev–Trinajstić information content (AvgIpc) is 3.18. The van der Waals surface area contributed by atoms with Crippen LogP contribution < -0.4 is 19.1 Å². The predicted molar refractivity (Wildman–Crippen MR) is 131 cm³/mol. The van der Waals surface area contributed by atoms with Crippen molar-refractivity contribution in [1.29, 1.82) is 0 Å². The molecule has 0 spiro atoms. The Labute approximate surface area is 200 Å². The molecular formula is C26H28N2O5S. The second kappa shape index (κ2) is 9.87. The number of carbonyl (C=O) groups excluding carboxylic acids is 1. The van der Waals surface area contributed by atoms with Crippen molar-refractivity contribution in [1.82, 2.24) is 4.72 Å². The monoisotopic (exact) mass is 480 g/mol. The summed E-state index contributed by atoms with van der Waals surface area (Å²) >= 11 is 0. The molecule has 1 N–H and O–H groups in total. The van der Waals surface area contributed by atoms with Gasteiger partial charge in [0.1, 0.15) is 11.5 Å². The van der Waals surface area contributed by atoms with Crippen LogP contribution in [0, 0.1) is 0 Å². The normalized spacial score (nSPS) is 15.1. The minimum Gasteiger partial charge on any atom is -0.497 e. The number of hydrogen-bond donors (Lipinski definition) is 1. The highest BCUT2D eigenvalue weighted by atomic mass is 32.2. The van der Waals surface area contributed by atoms with Crippen LogP contribution in [0.15, 0.2) is 71.6 Å². The lowest BCUT2D eigenvalue weighted by Gasteiger charge is -2.23. The Hall–Kier alpha value is -3.36. The van der Waals surface area contributed by atoms with Crippen molar-refractivity contribution < 1.29 is 22.7 Å². The van der Waals surface area contributed by atoms with Crippen LogP contribution in [0.25, 0.3) is 0 Å². The number of amides is 1. The fourth-order valence-electron chi connectivity index (χ4n) is 4.09. The third kappa shape index (κ3) is 4.93. The summed E-state index contributed by atoms with van der Waals surface area (Å²) in [6.45, 7) is 4.51. The van der Waals surface area contributed by atoms with Gasteiger partial charge in [0.25, 0.3) is 5.91 Å². The molecule has 0 saturated carbocycles. The summed E-state index contributed by atoms with van der Waals surface area (Å²) in [7, 11) is -2.11. The molecule has 4 rings (SSSR count). The van der Waals surface area contributed by atoms with Crippen LogP contribution >= 0.6 is 0 Å². The smallest absolute Gasteiger partial charge is 0.258 e. The molecule has 0 aliphatic carbocycles. The first-order valence-corrected chi connectivity index (χ1v) is 12.6. The predicted octanol–water partition coefficient (Wildman–Crippen LogP) is 4.16. The first-order valence-electron chi connectivity index (χ1n) is 11.1. The molecule has 34 heavy (non-hydrogen) atoms. The molecule has 178 valence electrons. The second-order valence-electron chi connectivity index (χ2n) is 8.15. The summed E-state index contributed by atoms with van der Waals surface area (Å²) in [5.41, 5.74) is 3.22. The molecule has 0 aromatic heterocycles. The summed E-state index contributed by atoms with van der Waals surface area (Å²) in [5.74, 6) is 1.21. The van der Waals surface area contributed by atoms with Crippen molar-refractivity contribution >= 4 is 21.6 Å². The van der Waals surface area contributed by atoms with E-state index in [1.54, 1.807) is 48.4 Å². The molecule has 3 aromatic carbocycles. The Morgan fingerprint density at radius 1 is 1.03 bits per heavy atom. The number of benzene rings is 3. The van der Waals surface area contributed by atoms with E-state index in [1.807, 2.05) is 32.0 Å². The highest BCUT2D eigenvalue weighted by molar-refractivity contribution is 7.89. The first-order chi connectivity index (χ1) is 16.3. The van der Waals surface area contributed by atoms with Crippen molar-refractivity contribution in [2.24, 2.45) is 0 Å². The summed E-state index contributed by atoms with van der Waals surface area (Å²) < 4.78 is 38.7. The molecule has 0 saturated heterocycles. The number of nitrogens with one attached hydrogen (secondary N) is 1. The highest BCUT2D eigenvalue weighted by Crippen LogP contribution is 2.34. The van der Waals surface area contributed by atoms with Crippen LogP contribution in [0.4, 0.5) is 5.69 Å². The second-order valence-corrected chi connectivity index (χ2v) is 9.92. The topological polar surface area (TPSA) is 84.9 Å². The van der Waals surface area contributed by atoms with Gasteiger partial charge in [0.2, 0.25) is 10.0 Å². The lowest BCUT2D eigenvalue weighted by molar-refractivity contribution is 0.0981. The molecule has 7 nitrogen and oxygen atoms in total. The molecule has 1 atom stereocenters. The lowest BCUT2D eigenvalue weighted by Crippen LogP contribution is -2.35. The number of fused-ring (bicyclic) bond motifs is 1. The van der Waals surface area contributed by atoms with E-state index in [9.17, 15) is 13.2 Å². The Morgan fingerprint density at radius 2 is 1.71 bits per heavy atom. The zero-order chi connectivity index (χ0) is 24.3. The number of rotatable bonds is 8. The van der Waals surface area contributed by atoms with Gasteiger partial charge in [0.05, 0.1) is 18.6 Å². The highest BCUT2D eigenvalue weighted by Gasteiger charge is 2.31. The number of nitrogens with zero attached hydrogens (tertiary/aromatic N) is 1. The van der Waals surface area contributed by atoms with Crippen LogP contribution in [0.5, 0.6) is 11.5 Å². The van der Waals surface area contributed by atoms with E-state index in [0.717, 1.165) is 23.2 Å².